The van der Waals surface area contributed by atoms with Gasteiger partial charge in [0.1, 0.15) is 5.75 Å². The lowest BCUT2D eigenvalue weighted by Gasteiger charge is -2.17. The molecule has 0 aliphatic carbocycles. The molecule has 0 fully saturated rings. The van der Waals surface area contributed by atoms with Gasteiger partial charge in [-0.15, -0.1) is 0 Å². The van der Waals surface area contributed by atoms with E-state index in [9.17, 15) is 4.79 Å². The van der Waals surface area contributed by atoms with Crippen LogP contribution in [0.2, 0.25) is 0 Å². The topological polar surface area (TPSA) is 41.6 Å². The number of rotatable bonds is 7. The molecule has 0 spiro atoms. The second-order valence-electron chi connectivity index (χ2n) is 4.27. The van der Waals surface area contributed by atoms with Crippen molar-refractivity contribution < 1.29 is 9.53 Å². The van der Waals surface area contributed by atoms with Crippen LogP contribution in [0.5, 0.6) is 5.75 Å². The molecule has 1 amide bonds. The van der Waals surface area contributed by atoms with Crippen LogP contribution in [0.4, 0.5) is 0 Å². The molecule has 0 atom stereocenters. The van der Waals surface area contributed by atoms with Crippen molar-refractivity contribution in [2.45, 2.75) is 19.9 Å². The Labute approximate surface area is 109 Å². The van der Waals surface area contributed by atoms with Crippen molar-refractivity contribution in [1.82, 2.24) is 10.2 Å². The number of methoxy groups -OCH3 is 1. The number of nitrogens with one attached hydrogen (secondary N) is 1. The van der Waals surface area contributed by atoms with E-state index in [-0.39, 0.29) is 5.91 Å². The quantitative estimate of drug-likeness (QED) is 0.748. The smallest absolute Gasteiger partial charge is 0.236 e. The minimum Gasteiger partial charge on any atom is -0.497 e. The number of hydrogen-bond acceptors (Lipinski definition) is 3. The lowest BCUT2D eigenvalue weighted by Crippen LogP contribution is -2.35. The van der Waals surface area contributed by atoms with Crippen molar-refractivity contribution in [2.75, 3.05) is 27.2 Å². The van der Waals surface area contributed by atoms with Gasteiger partial charge in [-0.3, -0.25) is 4.79 Å². The van der Waals surface area contributed by atoms with Gasteiger partial charge < -0.3 is 15.0 Å². The van der Waals surface area contributed by atoms with Gasteiger partial charge in [-0.25, -0.2) is 0 Å². The number of nitrogens with zero attached hydrogens (tertiary/aromatic N) is 1. The van der Waals surface area contributed by atoms with Gasteiger partial charge in [-0.05, 0) is 30.7 Å². The molecule has 0 unspecified atom stereocenters. The Morgan fingerprint density at radius 1 is 1.33 bits per heavy atom. The lowest BCUT2D eigenvalue weighted by atomic mass is 10.2. The predicted octanol–water partition coefficient (Wildman–Crippen LogP) is 1.65. The van der Waals surface area contributed by atoms with E-state index in [4.69, 9.17) is 4.74 Å². The van der Waals surface area contributed by atoms with E-state index in [0.717, 1.165) is 24.3 Å². The van der Waals surface area contributed by atoms with Gasteiger partial charge in [0.2, 0.25) is 5.91 Å². The average molecular weight is 250 g/mol. The molecule has 18 heavy (non-hydrogen) atoms. The molecule has 0 heterocycles. The molecule has 0 saturated carbocycles. The van der Waals surface area contributed by atoms with Crippen LogP contribution in [0.25, 0.3) is 0 Å². The summed E-state index contributed by atoms with van der Waals surface area (Å²) >= 11 is 0. The fourth-order valence-corrected chi connectivity index (χ4v) is 1.60. The van der Waals surface area contributed by atoms with E-state index in [1.54, 1.807) is 12.0 Å². The summed E-state index contributed by atoms with van der Waals surface area (Å²) in [4.78, 5) is 13.5. The number of amides is 1. The third-order valence-corrected chi connectivity index (χ3v) is 2.71. The monoisotopic (exact) mass is 250 g/mol. The summed E-state index contributed by atoms with van der Waals surface area (Å²) < 4.78 is 5.10. The first-order valence-electron chi connectivity index (χ1n) is 6.25. The molecule has 0 bridgehead atoms. The number of ether oxygens (including phenoxy) is 1. The second-order valence-corrected chi connectivity index (χ2v) is 4.27. The lowest BCUT2D eigenvalue weighted by molar-refractivity contribution is -0.129. The molecule has 0 aliphatic rings. The molecule has 100 valence electrons. The summed E-state index contributed by atoms with van der Waals surface area (Å²) in [6.45, 7) is 3.98. The Kier molecular flexibility index (Phi) is 6.22. The van der Waals surface area contributed by atoms with Gasteiger partial charge in [0.15, 0.2) is 0 Å². The highest BCUT2D eigenvalue weighted by Gasteiger charge is 2.08. The van der Waals surface area contributed by atoms with Gasteiger partial charge in [0, 0.05) is 13.6 Å². The summed E-state index contributed by atoms with van der Waals surface area (Å²) in [5.41, 5.74) is 1.10. The van der Waals surface area contributed by atoms with Crippen LogP contribution in [0, 0.1) is 0 Å². The highest BCUT2D eigenvalue weighted by atomic mass is 16.5. The Hall–Kier alpha value is -1.55. The summed E-state index contributed by atoms with van der Waals surface area (Å²) in [6.07, 6.45) is 1.04. The van der Waals surface area contributed by atoms with Crippen molar-refractivity contribution in [1.29, 1.82) is 0 Å². The standard InChI is InChI=1S/C14H22N2O2/c1-4-9-15-10-14(17)16(2)11-12-5-7-13(18-3)8-6-12/h5-8,15H,4,9-11H2,1-3H3. The molecule has 1 rings (SSSR count). The minimum absolute atomic E-state index is 0.110. The Balaban J connectivity index is 2.42. The third-order valence-electron chi connectivity index (χ3n) is 2.71. The normalized spacial score (nSPS) is 10.2. The fraction of sp³-hybridized carbons (Fsp3) is 0.500. The first kappa shape index (κ1) is 14.5. The molecule has 0 aromatic heterocycles. The van der Waals surface area contributed by atoms with E-state index < -0.39 is 0 Å². The second kappa shape index (κ2) is 7.71. The van der Waals surface area contributed by atoms with Crippen molar-refractivity contribution in [3.63, 3.8) is 0 Å². The Bertz CT molecular complexity index is 363. The highest BCUT2D eigenvalue weighted by molar-refractivity contribution is 5.77. The van der Waals surface area contributed by atoms with Gasteiger partial charge in [-0.2, -0.15) is 0 Å². The average Bonchev–Trinajstić information content (AvgIpc) is 2.39. The van der Waals surface area contributed by atoms with E-state index in [2.05, 4.69) is 12.2 Å². The maximum atomic E-state index is 11.8. The van der Waals surface area contributed by atoms with E-state index in [0.29, 0.717) is 13.1 Å². The van der Waals surface area contributed by atoms with Crippen molar-refractivity contribution >= 4 is 5.91 Å². The van der Waals surface area contributed by atoms with Gasteiger partial charge >= 0.3 is 0 Å². The van der Waals surface area contributed by atoms with Crippen LogP contribution >= 0.6 is 0 Å². The summed E-state index contributed by atoms with van der Waals surface area (Å²) in [7, 11) is 3.46. The van der Waals surface area contributed by atoms with Crippen LogP contribution in [-0.4, -0.2) is 38.1 Å². The van der Waals surface area contributed by atoms with Crippen molar-refractivity contribution in [2.24, 2.45) is 0 Å². The third kappa shape index (κ3) is 4.75. The first-order valence-corrected chi connectivity index (χ1v) is 6.25. The zero-order chi connectivity index (χ0) is 13.4. The summed E-state index contributed by atoms with van der Waals surface area (Å²) in [5.74, 6) is 0.941. The summed E-state index contributed by atoms with van der Waals surface area (Å²) in [5, 5.41) is 3.11. The van der Waals surface area contributed by atoms with Gasteiger partial charge in [0.25, 0.3) is 0 Å². The van der Waals surface area contributed by atoms with E-state index >= 15 is 0 Å². The van der Waals surface area contributed by atoms with E-state index in [1.807, 2.05) is 31.3 Å². The number of carbonyl (C=O) groups is 1. The maximum absolute atomic E-state index is 11.8. The molecule has 0 radical (unpaired) electrons. The zero-order valence-corrected chi connectivity index (χ0v) is 11.4. The van der Waals surface area contributed by atoms with Crippen molar-refractivity contribution in [3.8, 4) is 5.75 Å². The van der Waals surface area contributed by atoms with E-state index in [1.165, 1.54) is 0 Å². The van der Waals surface area contributed by atoms with Gasteiger partial charge in [-0.1, -0.05) is 19.1 Å². The molecular weight excluding hydrogens is 228 g/mol. The van der Waals surface area contributed by atoms with Crippen LogP contribution in [0.3, 0.4) is 0 Å². The molecule has 4 nitrogen and oxygen atoms in total. The Morgan fingerprint density at radius 2 is 2.00 bits per heavy atom. The fourth-order valence-electron chi connectivity index (χ4n) is 1.60. The maximum Gasteiger partial charge on any atom is 0.236 e. The number of carbonyl (C=O) groups excluding carboxylic acids is 1. The van der Waals surface area contributed by atoms with Crippen LogP contribution < -0.4 is 10.1 Å². The van der Waals surface area contributed by atoms with Crippen LogP contribution in [-0.2, 0) is 11.3 Å². The molecule has 0 aliphatic heterocycles. The first-order chi connectivity index (χ1) is 8.67. The molecule has 1 aromatic rings. The molecule has 0 saturated heterocycles. The highest BCUT2D eigenvalue weighted by Crippen LogP contribution is 2.12. The molecule has 4 heteroatoms. The number of benzene rings is 1. The number of hydrogen-bond donors (Lipinski definition) is 1. The minimum atomic E-state index is 0.110. The SMILES string of the molecule is CCCNCC(=O)N(C)Cc1ccc(OC)cc1. The van der Waals surface area contributed by atoms with Crippen LogP contribution in [0.15, 0.2) is 24.3 Å². The van der Waals surface area contributed by atoms with Gasteiger partial charge in [0.05, 0.1) is 13.7 Å². The molecular formula is C14H22N2O2. The van der Waals surface area contributed by atoms with Crippen molar-refractivity contribution in [3.05, 3.63) is 29.8 Å². The largest absolute Gasteiger partial charge is 0.497 e. The predicted molar refractivity (Wildman–Crippen MR) is 72.6 cm³/mol. The number of likely N-dealkylation sites (N-methyl/N-ethyl adjacent to an activating group) is 1. The summed E-state index contributed by atoms with van der Waals surface area (Å²) in [6, 6.07) is 7.76. The van der Waals surface area contributed by atoms with Crippen LogP contribution in [0.1, 0.15) is 18.9 Å². The molecule has 1 aromatic carbocycles. The zero-order valence-electron chi connectivity index (χ0n) is 11.4. The molecule has 1 N–H and O–H groups in total. The Morgan fingerprint density at radius 3 is 2.56 bits per heavy atom.